The van der Waals surface area contributed by atoms with Crippen molar-refractivity contribution < 1.29 is 9.84 Å². The van der Waals surface area contributed by atoms with Gasteiger partial charge in [-0.15, -0.1) is 0 Å². The van der Waals surface area contributed by atoms with Crippen LogP contribution in [0.15, 0.2) is 0 Å². The van der Waals surface area contributed by atoms with Gasteiger partial charge in [-0.25, -0.2) is 0 Å². The fourth-order valence-electron chi connectivity index (χ4n) is 2.64. The van der Waals surface area contributed by atoms with Crippen molar-refractivity contribution in [3.8, 4) is 0 Å². The fourth-order valence-corrected chi connectivity index (χ4v) is 2.64. The van der Waals surface area contributed by atoms with Gasteiger partial charge >= 0.3 is 0 Å². The molecule has 0 aromatic heterocycles. The monoisotopic (exact) mass is 199 g/mol. The number of nitrogens with one attached hydrogen (secondary N) is 1. The van der Waals surface area contributed by atoms with E-state index >= 15 is 0 Å². The quantitative estimate of drug-likeness (QED) is 0.703. The Labute approximate surface area is 85.8 Å². The fraction of sp³-hybridized carbons (Fsp3) is 1.00. The predicted octanol–water partition coefficient (Wildman–Crippen LogP) is 0.773. The van der Waals surface area contributed by atoms with Gasteiger partial charge in [-0.3, -0.25) is 0 Å². The van der Waals surface area contributed by atoms with Crippen molar-refractivity contribution >= 4 is 0 Å². The van der Waals surface area contributed by atoms with Crippen LogP contribution in [0.25, 0.3) is 0 Å². The Morgan fingerprint density at radius 3 is 2.79 bits per heavy atom. The van der Waals surface area contributed by atoms with Crippen molar-refractivity contribution in [2.24, 2.45) is 11.8 Å². The number of ether oxygens (including phenoxy) is 1. The molecule has 3 atom stereocenters. The van der Waals surface area contributed by atoms with Gasteiger partial charge < -0.3 is 15.2 Å². The molecule has 1 aliphatic heterocycles. The van der Waals surface area contributed by atoms with Crippen molar-refractivity contribution in [3.05, 3.63) is 0 Å². The van der Waals surface area contributed by atoms with E-state index in [1.807, 2.05) is 0 Å². The summed E-state index contributed by atoms with van der Waals surface area (Å²) in [7, 11) is 0. The van der Waals surface area contributed by atoms with Crippen LogP contribution in [0.1, 0.15) is 25.7 Å². The van der Waals surface area contributed by atoms with Crippen LogP contribution < -0.4 is 5.32 Å². The Bertz CT molecular complexity index is 169. The molecule has 2 aliphatic rings. The molecule has 14 heavy (non-hydrogen) atoms. The second kappa shape index (κ2) is 5.10. The lowest BCUT2D eigenvalue weighted by atomic mass is 9.96. The highest BCUT2D eigenvalue weighted by molar-refractivity contribution is 4.81. The molecule has 82 valence electrons. The molecule has 1 saturated carbocycles. The van der Waals surface area contributed by atoms with Crippen LogP contribution in [0.4, 0.5) is 0 Å². The lowest BCUT2D eigenvalue weighted by Crippen LogP contribution is -2.35. The largest absolute Gasteiger partial charge is 0.396 e. The second-order valence-corrected chi connectivity index (χ2v) is 4.60. The first-order chi connectivity index (χ1) is 6.90. The lowest BCUT2D eigenvalue weighted by molar-refractivity contribution is 0.179. The number of hydrogen-bond acceptors (Lipinski definition) is 3. The molecule has 3 heteroatoms. The van der Waals surface area contributed by atoms with Crippen LogP contribution in [-0.2, 0) is 4.74 Å². The number of aliphatic hydroxyl groups is 1. The van der Waals surface area contributed by atoms with Gasteiger partial charge in [0.15, 0.2) is 0 Å². The molecule has 0 radical (unpaired) electrons. The molecule has 1 aliphatic carbocycles. The highest BCUT2D eigenvalue weighted by atomic mass is 16.5. The Morgan fingerprint density at radius 2 is 2.07 bits per heavy atom. The van der Waals surface area contributed by atoms with E-state index in [-0.39, 0.29) is 0 Å². The van der Waals surface area contributed by atoms with Crippen molar-refractivity contribution in [1.82, 2.24) is 5.32 Å². The van der Waals surface area contributed by atoms with Crippen LogP contribution in [0.5, 0.6) is 0 Å². The average Bonchev–Trinajstić information content (AvgIpc) is 2.85. The highest BCUT2D eigenvalue weighted by Crippen LogP contribution is 2.30. The zero-order valence-corrected chi connectivity index (χ0v) is 8.74. The molecular formula is C11H21NO2. The summed E-state index contributed by atoms with van der Waals surface area (Å²) in [5.74, 6) is 1.24. The Hall–Kier alpha value is -0.120. The predicted molar refractivity (Wildman–Crippen MR) is 55.1 cm³/mol. The average molecular weight is 199 g/mol. The molecule has 0 aromatic rings. The van der Waals surface area contributed by atoms with E-state index in [2.05, 4.69) is 5.32 Å². The molecule has 3 unspecified atom stereocenters. The van der Waals surface area contributed by atoms with Gasteiger partial charge in [0.05, 0.1) is 6.61 Å². The zero-order chi connectivity index (χ0) is 9.80. The maximum atomic E-state index is 9.18. The van der Waals surface area contributed by atoms with Crippen molar-refractivity contribution in [2.45, 2.75) is 31.7 Å². The molecule has 1 heterocycles. The zero-order valence-electron chi connectivity index (χ0n) is 8.74. The van der Waals surface area contributed by atoms with Gasteiger partial charge in [-0.2, -0.15) is 0 Å². The van der Waals surface area contributed by atoms with Crippen LogP contribution in [0, 0.1) is 11.8 Å². The number of rotatable bonds is 4. The third-order valence-electron chi connectivity index (χ3n) is 3.65. The van der Waals surface area contributed by atoms with Crippen LogP contribution in [-0.4, -0.2) is 37.5 Å². The van der Waals surface area contributed by atoms with Crippen molar-refractivity contribution in [1.29, 1.82) is 0 Å². The Morgan fingerprint density at radius 1 is 1.21 bits per heavy atom. The highest BCUT2D eigenvalue weighted by Gasteiger charge is 2.27. The van der Waals surface area contributed by atoms with E-state index in [1.165, 1.54) is 19.3 Å². The summed E-state index contributed by atoms with van der Waals surface area (Å²) in [6.45, 7) is 3.22. The molecule has 2 fully saturated rings. The minimum Gasteiger partial charge on any atom is -0.396 e. The minimum absolute atomic E-state index is 0.369. The molecule has 2 N–H and O–H groups in total. The summed E-state index contributed by atoms with van der Waals surface area (Å²) in [5.41, 5.74) is 0. The minimum atomic E-state index is 0.369. The van der Waals surface area contributed by atoms with E-state index < -0.39 is 0 Å². The maximum Gasteiger partial charge on any atom is 0.0620 e. The summed E-state index contributed by atoms with van der Waals surface area (Å²) >= 11 is 0. The van der Waals surface area contributed by atoms with Gasteiger partial charge in [0.1, 0.15) is 0 Å². The summed E-state index contributed by atoms with van der Waals surface area (Å²) in [5, 5.41) is 12.7. The molecule has 1 saturated heterocycles. The molecule has 0 spiro atoms. The van der Waals surface area contributed by atoms with E-state index in [1.54, 1.807) is 0 Å². The first-order valence-electron chi connectivity index (χ1n) is 5.82. The Balaban J connectivity index is 1.68. The smallest absolute Gasteiger partial charge is 0.0620 e. The van der Waals surface area contributed by atoms with Gasteiger partial charge in [0.25, 0.3) is 0 Å². The standard InChI is InChI=1S/C11H21NO2/c13-7-10-3-1-2-9(10)6-12-11-4-5-14-8-11/h9-13H,1-8H2. The van der Waals surface area contributed by atoms with Gasteiger partial charge in [0.2, 0.25) is 0 Å². The first kappa shape index (κ1) is 10.4. The molecule has 2 rings (SSSR count). The topological polar surface area (TPSA) is 41.5 Å². The normalized spacial score (nSPS) is 37.9. The molecule has 3 nitrogen and oxygen atoms in total. The van der Waals surface area contributed by atoms with Crippen molar-refractivity contribution in [3.63, 3.8) is 0 Å². The van der Waals surface area contributed by atoms with Crippen molar-refractivity contribution in [2.75, 3.05) is 26.4 Å². The summed E-state index contributed by atoms with van der Waals surface area (Å²) in [6.07, 6.45) is 4.94. The van der Waals surface area contributed by atoms with Crippen LogP contribution in [0.2, 0.25) is 0 Å². The molecule has 0 aromatic carbocycles. The number of aliphatic hydroxyl groups excluding tert-OH is 1. The summed E-state index contributed by atoms with van der Waals surface area (Å²) in [4.78, 5) is 0. The molecule has 0 bridgehead atoms. The maximum absolute atomic E-state index is 9.18. The molecule has 0 amide bonds. The molecular weight excluding hydrogens is 178 g/mol. The lowest BCUT2D eigenvalue weighted by Gasteiger charge is -2.20. The van der Waals surface area contributed by atoms with Gasteiger partial charge in [0, 0.05) is 19.3 Å². The van der Waals surface area contributed by atoms with Gasteiger partial charge in [-0.05, 0) is 37.6 Å². The third-order valence-corrected chi connectivity index (χ3v) is 3.65. The third kappa shape index (κ3) is 2.47. The van der Waals surface area contributed by atoms with Gasteiger partial charge in [-0.1, -0.05) is 6.42 Å². The number of hydrogen-bond donors (Lipinski definition) is 2. The summed E-state index contributed by atoms with van der Waals surface area (Å²) < 4.78 is 5.31. The first-order valence-corrected chi connectivity index (χ1v) is 5.82. The van der Waals surface area contributed by atoms with E-state index in [4.69, 9.17) is 4.74 Å². The van der Waals surface area contributed by atoms with E-state index in [0.29, 0.717) is 24.5 Å². The second-order valence-electron chi connectivity index (χ2n) is 4.60. The van der Waals surface area contributed by atoms with Crippen LogP contribution in [0.3, 0.4) is 0 Å². The summed E-state index contributed by atoms with van der Waals surface area (Å²) in [6, 6.07) is 0.565. The van der Waals surface area contributed by atoms with E-state index in [0.717, 1.165) is 26.2 Å². The SMILES string of the molecule is OCC1CCCC1CNC1CCOC1. The van der Waals surface area contributed by atoms with Crippen LogP contribution >= 0.6 is 0 Å². The Kier molecular flexibility index (Phi) is 3.79. The van der Waals surface area contributed by atoms with E-state index in [9.17, 15) is 5.11 Å².